The molecule has 1 aromatic rings. The van der Waals surface area contributed by atoms with Gasteiger partial charge in [0.05, 0.1) is 0 Å². The predicted molar refractivity (Wildman–Crippen MR) is 84.6 cm³/mol. The number of benzene rings is 1. The highest BCUT2D eigenvalue weighted by atomic mass is 16.5. The molecule has 1 heterocycles. The van der Waals surface area contributed by atoms with Crippen LogP contribution in [0.15, 0.2) is 18.2 Å². The fourth-order valence-electron chi connectivity index (χ4n) is 2.79. The summed E-state index contributed by atoms with van der Waals surface area (Å²) in [6.45, 7) is 12.1. The number of fused-ring (bicyclic) bond motifs is 1. The first-order valence-electron chi connectivity index (χ1n) is 7.92. The molecule has 0 bridgehead atoms. The maximum Gasteiger partial charge on any atom is 0.123 e. The third-order valence-electron chi connectivity index (χ3n) is 4.05. The molecule has 1 aliphatic rings. The van der Waals surface area contributed by atoms with Gasteiger partial charge >= 0.3 is 0 Å². The van der Waals surface area contributed by atoms with Crippen molar-refractivity contribution in [2.75, 3.05) is 32.7 Å². The second-order valence-electron chi connectivity index (χ2n) is 5.64. The Kier molecular flexibility index (Phi) is 5.86. The quantitative estimate of drug-likeness (QED) is 0.739. The summed E-state index contributed by atoms with van der Waals surface area (Å²) in [6, 6.07) is 6.47. The van der Waals surface area contributed by atoms with E-state index in [0.717, 1.165) is 38.3 Å². The van der Waals surface area contributed by atoms with Gasteiger partial charge in [-0.3, -0.25) is 0 Å². The second-order valence-corrected chi connectivity index (χ2v) is 5.64. The lowest BCUT2D eigenvalue weighted by Gasteiger charge is -2.18. The maximum atomic E-state index is 5.96. The third-order valence-corrected chi connectivity index (χ3v) is 4.05. The van der Waals surface area contributed by atoms with Crippen molar-refractivity contribution in [3.05, 3.63) is 29.3 Å². The summed E-state index contributed by atoms with van der Waals surface area (Å²) in [6.07, 6.45) is 2.56. The monoisotopic (exact) mass is 276 g/mol. The van der Waals surface area contributed by atoms with Crippen molar-refractivity contribution in [1.29, 1.82) is 0 Å². The molecule has 0 aromatic heterocycles. The lowest BCUT2D eigenvalue weighted by atomic mass is 10.1. The van der Waals surface area contributed by atoms with Crippen LogP contribution in [0.5, 0.6) is 5.75 Å². The van der Waals surface area contributed by atoms with Crippen molar-refractivity contribution >= 4 is 0 Å². The van der Waals surface area contributed by atoms with Gasteiger partial charge in [0.2, 0.25) is 0 Å². The fourth-order valence-corrected chi connectivity index (χ4v) is 2.79. The van der Waals surface area contributed by atoms with Gasteiger partial charge in [0.1, 0.15) is 11.9 Å². The predicted octanol–water partition coefficient (Wildman–Crippen LogP) is 2.62. The van der Waals surface area contributed by atoms with Crippen LogP contribution in [0.1, 0.15) is 31.4 Å². The molecule has 1 aliphatic heterocycles. The average molecular weight is 276 g/mol. The number of nitrogens with zero attached hydrogens (tertiary/aromatic N) is 1. The molecule has 1 N–H and O–H groups in total. The average Bonchev–Trinajstić information content (AvgIpc) is 2.84. The molecule has 1 unspecified atom stereocenters. The third kappa shape index (κ3) is 4.22. The summed E-state index contributed by atoms with van der Waals surface area (Å²) in [4.78, 5) is 2.46. The van der Waals surface area contributed by atoms with Crippen LogP contribution in [0.2, 0.25) is 0 Å². The molecule has 0 aliphatic carbocycles. The Morgan fingerprint density at radius 1 is 1.30 bits per heavy atom. The van der Waals surface area contributed by atoms with Crippen molar-refractivity contribution in [2.45, 2.75) is 39.7 Å². The molecular formula is C17H28N2O. The highest BCUT2D eigenvalue weighted by Crippen LogP contribution is 2.29. The smallest absolute Gasteiger partial charge is 0.123 e. The number of aryl methyl sites for hydroxylation is 1. The van der Waals surface area contributed by atoms with Gasteiger partial charge in [-0.15, -0.1) is 0 Å². The highest BCUT2D eigenvalue weighted by molar-refractivity contribution is 5.40. The fraction of sp³-hybridized carbons (Fsp3) is 0.647. The van der Waals surface area contributed by atoms with Gasteiger partial charge in [0.15, 0.2) is 0 Å². The summed E-state index contributed by atoms with van der Waals surface area (Å²) >= 11 is 0. The van der Waals surface area contributed by atoms with Gasteiger partial charge in [0, 0.05) is 13.0 Å². The Morgan fingerprint density at radius 2 is 2.10 bits per heavy atom. The highest BCUT2D eigenvalue weighted by Gasteiger charge is 2.22. The molecule has 20 heavy (non-hydrogen) atoms. The van der Waals surface area contributed by atoms with E-state index in [-0.39, 0.29) is 0 Å². The molecule has 0 saturated carbocycles. The van der Waals surface area contributed by atoms with E-state index in [1.54, 1.807) is 0 Å². The Balaban J connectivity index is 1.63. The van der Waals surface area contributed by atoms with Crippen molar-refractivity contribution in [3.8, 4) is 5.75 Å². The zero-order valence-electron chi connectivity index (χ0n) is 13.1. The molecule has 0 amide bonds. The molecule has 0 spiro atoms. The molecule has 0 radical (unpaired) electrons. The molecule has 1 atom stereocenters. The number of rotatable bonds is 8. The standard InChI is InChI=1S/C17H28N2O/c1-4-19(5-2)10-6-9-18-13-16-12-15-11-14(3)7-8-17(15)20-16/h7-8,11,16,18H,4-6,9-10,12-13H2,1-3H3. The van der Waals surface area contributed by atoms with Crippen molar-refractivity contribution in [2.24, 2.45) is 0 Å². The molecule has 3 heteroatoms. The minimum Gasteiger partial charge on any atom is -0.488 e. The zero-order chi connectivity index (χ0) is 14.4. The number of nitrogens with one attached hydrogen (secondary N) is 1. The van der Waals surface area contributed by atoms with Crippen LogP contribution in [-0.4, -0.2) is 43.7 Å². The van der Waals surface area contributed by atoms with E-state index in [4.69, 9.17) is 4.74 Å². The normalized spacial score (nSPS) is 17.3. The van der Waals surface area contributed by atoms with Crippen molar-refractivity contribution in [3.63, 3.8) is 0 Å². The van der Waals surface area contributed by atoms with Gasteiger partial charge in [-0.05, 0) is 51.2 Å². The molecule has 0 saturated heterocycles. The lowest BCUT2D eigenvalue weighted by molar-refractivity contribution is 0.225. The van der Waals surface area contributed by atoms with Crippen LogP contribution in [0.3, 0.4) is 0 Å². The minimum absolute atomic E-state index is 0.306. The Labute approximate surface area is 123 Å². The number of hydrogen-bond donors (Lipinski definition) is 1. The van der Waals surface area contributed by atoms with E-state index in [1.807, 2.05) is 0 Å². The lowest BCUT2D eigenvalue weighted by Crippen LogP contribution is -2.32. The van der Waals surface area contributed by atoms with Gasteiger partial charge in [-0.2, -0.15) is 0 Å². The first kappa shape index (κ1) is 15.3. The van der Waals surface area contributed by atoms with Gasteiger partial charge in [-0.1, -0.05) is 31.5 Å². The summed E-state index contributed by atoms with van der Waals surface area (Å²) in [7, 11) is 0. The maximum absolute atomic E-state index is 5.96. The van der Waals surface area contributed by atoms with E-state index >= 15 is 0 Å². The van der Waals surface area contributed by atoms with E-state index in [0.29, 0.717) is 6.10 Å². The second kappa shape index (κ2) is 7.65. The van der Waals surface area contributed by atoms with Crippen molar-refractivity contribution in [1.82, 2.24) is 10.2 Å². The van der Waals surface area contributed by atoms with Crippen LogP contribution in [0, 0.1) is 6.92 Å². The molecule has 2 rings (SSSR count). The molecular weight excluding hydrogens is 248 g/mol. The van der Waals surface area contributed by atoms with E-state index in [2.05, 4.69) is 49.2 Å². The van der Waals surface area contributed by atoms with Gasteiger partial charge in [-0.25, -0.2) is 0 Å². The largest absolute Gasteiger partial charge is 0.488 e. The van der Waals surface area contributed by atoms with Crippen LogP contribution >= 0.6 is 0 Å². The molecule has 0 fully saturated rings. The molecule has 1 aromatic carbocycles. The van der Waals surface area contributed by atoms with Crippen molar-refractivity contribution < 1.29 is 4.74 Å². The Morgan fingerprint density at radius 3 is 2.85 bits per heavy atom. The topological polar surface area (TPSA) is 24.5 Å². The van der Waals surface area contributed by atoms with Crippen LogP contribution in [0.25, 0.3) is 0 Å². The minimum atomic E-state index is 0.306. The Hall–Kier alpha value is -1.06. The summed E-state index contributed by atoms with van der Waals surface area (Å²) in [5.41, 5.74) is 2.68. The summed E-state index contributed by atoms with van der Waals surface area (Å²) in [5.74, 6) is 1.07. The van der Waals surface area contributed by atoms with E-state index in [1.165, 1.54) is 24.1 Å². The Bertz CT molecular complexity index is 415. The van der Waals surface area contributed by atoms with E-state index in [9.17, 15) is 0 Å². The zero-order valence-corrected chi connectivity index (χ0v) is 13.1. The van der Waals surface area contributed by atoms with Crippen LogP contribution in [-0.2, 0) is 6.42 Å². The SMILES string of the molecule is CCN(CC)CCCNCC1Cc2cc(C)ccc2O1. The summed E-state index contributed by atoms with van der Waals surface area (Å²) < 4.78 is 5.96. The first-order chi connectivity index (χ1) is 9.72. The van der Waals surface area contributed by atoms with Gasteiger partial charge < -0.3 is 15.0 Å². The van der Waals surface area contributed by atoms with Crippen LogP contribution < -0.4 is 10.1 Å². The molecule has 112 valence electrons. The number of ether oxygens (including phenoxy) is 1. The van der Waals surface area contributed by atoms with E-state index < -0.39 is 0 Å². The number of hydrogen-bond acceptors (Lipinski definition) is 3. The van der Waals surface area contributed by atoms with Crippen LogP contribution in [0.4, 0.5) is 0 Å². The van der Waals surface area contributed by atoms with Gasteiger partial charge in [0.25, 0.3) is 0 Å². The summed E-state index contributed by atoms with van der Waals surface area (Å²) in [5, 5.41) is 3.53. The first-order valence-corrected chi connectivity index (χ1v) is 7.92. The molecule has 3 nitrogen and oxygen atoms in total.